The maximum atomic E-state index is 11.2. The Bertz CT molecular complexity index is 790. The lowest BCUT2D eigenvalue weighted by Crippen LogP contribution is -2.06. The summed E-state index contributed by atoms with van der Waals surface area (Å²) >= 11 is 13.1. The molecular formula is C12H9Cl2N3OS. The summed E-state index contributed by atoms with van der Waals surface area (Å²) in [4.78, 5) is 18.4. The van der Waals surface area contributed by atoms with Crippen LogP contribution in [0.5, 0.6) is 0 Å². The number of H-pyrrole nitrogens is 1. The highest BCUT2D eigenvalue weighted by atomic mass is 35.5. The number of hydrogen-bond donors (Lipinski definition) is 1. The van der Waals surface area contributed by atoms with E-state index in [1.807, 2.05) is 16.7 Å². The van der Waals surface area contributed by atoms with Crippen LogP contribution in [0.2, 0.25) is 5.02 Å². The largest absolute Gasteiger partial charge is 0.321 e. The van der Waals surface area contributed by atoms with Crippen LogP contribution in [0.15, 0.2) is 28.4 Å². The average molecular weight is 314 g/mol. The Kier molecular flexibility index (Phi) is 3.35. The van der Waals surface area contributed by atoms with Crippen molar-refractivity contribution in [3.05, 3.63) is 49.8 Å². The van der Waals surface area contributed by atoms with Crippen LogP contribution in [0.1, 0.15) is 11.5 Å². The number of rotatable bonds is 3. The standard InChI is InChI=1S/C12H9Cl2N3OS/c13-4-11-16-9-2-1-7(14)3-10(9)17(11)5-8-6-19-12(18)15-8/h1-3,6H,4-5H2,(H,15,18). The molecular weight excluding hydrogens is 305 g/mol. The van der Waals surface area contributed by atoms with Crippen LogP contribution in [0, 0.1) is 0 Å². The van der Waals surface area contributed by atoms with Gasteiger partial charge in [0.2, 0.25) is 0 Å². The third-order valence-electron chi connectivity index (χ3n) is 2.81. The van der Waals surface area contributed by atoms with E-state index in [2.05, 4.69) is 9.97 Å². The highest BCUT2D eigenvalue weighted by Crippen LogP contribution is 2.22. The molecule has 19 heavy (non-hydrogen) atoms. The molecule has 0 spiro atoms. The number of aromatic amines is 1. The van der Waals surface area contributed by atoms with Gasteiger partial charge in [-0.15, -0.1) is 11.6 Å². The number of imidazole rings is 1. The normalized spacial score (nSPS) is 11.3. The number of fused-ring (bicyclic) bond motifs is 1. The number of aromatic nitrogens is 3. The summed E-state index contributed by atoms with van der Waals surface area (Å²) < 4.78 is 1.96. The predicted molar refractivity (Wildman–Crippen MR) is 78.3 cm³/mol. The van der Waals surface area contributed by atoms with E-state index < -0.39 is 0 Å². The molecule has 0 fully saturated rings. The lowest BCUT2D eigenvalue weighted by molar-refractivity contribution is 0.761. The predicted octanol–water partition coefficient (Wildman–Crippen LogP) is 3.23. The molecule has 0 radical (unpaired) electrons. The molecule has 0 aliphatic carbocycles. The van der Waals surface area contributed by atoms with Crippen molar-refractivity contribution in [1.82, 2.24) is 14.5 Å². The van der Waals surface area contributed by atoms with E-state index in [1.165, 1.54) is 0 Å². The van der Waals surface area contributed by atoms with Crippen LogP contribution < -0.4 is 4.87 Å². The molecule has 0 bridgehead atoms. The van der Waals surface area contributed by atoms with Crippen molar-refractivity contribution in [1.29, 1.82) is 0 Å². The van der Waals surface area contributed by atoms with Gasteiger partial charge in [0.1, 0.15) is 5.82 Å². The van der Waals surface area contributed by atoms with Crippen molar-refractivity contribution in [3.63, 3.8) is 0 Å². The monoisotopic (exact) mass is 313 g/mol. The highest BCUT2D eigenvalue weighted by Gasteiger charge is 2.11. The van der Waals surface area contributed by atoms with Crippen molar-refractivity contribution in [3.8, 4) is 0 Å². The number of thiazole rings is 1. The average Bonchev–Trinajstić information content (AvgIpc) is 2.94. The topological polar surface area (TPSA) is 50.7 Å². The summed E-state index contributed by atoms with van der Waals surface area (Å²) in [7, 11) is 0. The van der Waals surface area contributed by atoms with E-state index in [9.17, 15) is 4.79 Å². The van der Waals surface area contributed by atoms with E-state index in [-0.39, 0.29) is 4.87 Å². The number of nitrogens with one attached hydrogen (secondary N) is 1. The maximum absolute atomic E-state index is 11.2. The summed E-state index contributed by atoms with van der Waals surface area (Å²) in [5, 5.41) is 2.45. The van der Waals surface area contributed by atoms with Gasteiger partial charge in [-0.25, -0.2) is 4.98 Å². The molecule has 0 aliphatic rings. The first-order chi connectivity index (χ1) is 9.17. The lowest BCUT2D eigenvalue weighted by Gasteiger charge is -2.05. The van der Waals surface area contributed by atoms with Gasteiger partial charge < -0.3 is 9.55 Å². The first-order valence-corrected chi connectivity index (χ1v) is 7.34. The molecule has 2 heterocycles. The zero-order chi connectivity index (χ0) is 13.4. The molecule has 0 saturated heterocycles. The number of benzene rings is 1. The Morgan fingerprint density at radius 2 is 2.26 bits per heavy atom. The van der Waals surface area contributed by atoms with Gasteiger partial charge in [0.15, 0.2) is 0 Å². The zero-order valence-corrected chi connectivity index (χ0v) is 12.0. The second-order valence-electron chi connectivity index (χ2n) is 4.05. The maximum Gasteiger partial charge on any atom is 0.304 e. The van der Waals surface area contributed by atoms with Crippen molar-refractivity contribution in [2.24, 2.45) is 0 Å². The minimum atomic E-state index is -0.0649. The molecule has 3 aromatic rings. The van der Waals surface area contributed by atoms with Gasteiger partial charge in [0.05, 0.1) is 23.5 Å². The summed E-state index contributed by atoms with van der Waals surface area (Å²) in [5.74, 6) is 1.06. The first kappa shape index (κ1) is 12.7. The van der Waals surface area contributed by atoms with Gasteiger partial charge >= 0.3 is 4.87 Å². The van der Waals surface area contributed by atoms with E-state index >= 15 is 0 Å². The fourth-order valence-electron chi connectivity index (χ4n) is 1.99. The summed E-state index contributed by atoms with van der Waals surface area (Å²) in [6.07, 6.45) is 0. The molecule has 98 valence electrons. The third kappa shape index (κ3) is 2.41. The third-order valence-corrected chi connectivity index (χ3v) is 4.00. The summed E-state index contributed by atoms with van der Waals surface area (Å²) in [5.41, 5.74) is 2.59. The van der Waals surface area contributed by atoms with Crippen LogP contribution in [0.25, 0.3) is 11.0 Å². The Hall–Kier alpha value is -1.30. The molecule has 0 saturated carbocycles. The number of alkyl halides is 1. The van der Waals surface area contributed by atoms with Crippen molar-refractivity contribution in [2.45, 2.75) is 12.4 Å². The first-order valence-electron chi connectivity index (χ1n) is 5.54. The van der Waals surface area contributed by atoms with Crippen LogP contribution >= 0.6 is 34.5 Å². The quantitative estimate of drug-likeness (QED) is 0.755. The van der Waals surface area contributed by atoms with Gasteiger partial charge in [-0.1, -0.05) is 22.9 Å². The van der Waals surface area contributed by atoms with Crippen molar-refractivity contribution in [2.75, 3.05) is 0 Å². The van der Waals surface area contributed by atoms with Crippen LogP contribution in [0.4, 0.5) is 0 Å². The molecule has 4 nitrogen and oxygen atoms in total. The Labute approximate surface area is 122 Å². The Morgan fingerprint density at radius 1 is 1.42 bits per heavy atom. The van der Waals surface area contributed by atoms with Gasteiger partial charge in [0, 0.05) is 16.1 Å². The van der Waals surface area contributed by atoms with Gasteiger partial charge in [-0.2, -0.15) is 0 Å². The second kappa shape index (κ2) is 5.00. The van der Waals surface area contributed by atoms with E-state index in [1.54, 1.807) is 11.4 Å². The van der Waals surface area contributed by atoms with Gasteiger partial charge in [-0.3, -0.25) is 4.79 Å². The molecule has 0 aliphatic heterocycles. The molecule has 1 N–H and O–H groups in total. The zero-order valence-electron chi connectivity index (χ0n) is 9.69. The minimum absolute atomic E-state index is 0.0649. The van der Waals surface area contributed by atoms with Crippen LogP contribution in [0.3, 0.4) is 0 Å². The van der Waals surface area contributed by atoms with Crippen molar-refractivity contribution >= 4 is 45.6 Å². The number of hydrogen-bond acceptors (Lipinski definition) is 3. The summed E-state index contributed by atoms with van der Waals surface area (Å²) in [6, 6.07) is 5.51. The minimum Gasteiger partial charge on any atom is -0.321 e. The smallest absolute Gasteiger partial charge is 0.304 e. The summed E-state index contributed by atoms with van der Waals surface area (Å²) in [6.45, 7) is 0.525. The SMILES string of the molecule is O=c1[nH]c(Cn2c(CCl)nc3ccc(Cl)cc32)cs1. The van der Waals surface area contributed by atoms with Crippen molar-refractivity contribution < 1.29 is 0 Å². The van der Waals surface area contributed by atoms with Gasteiger partial charge in [-0.05, 0) is 18.2 Å². The lowest BCUT2D eigenvalue weighted by atomic mass is 10.3. The van der Waals surface area contributed by atoms with Gasteiger partial charge in [0.25, 0.3) is 0 Å². The molecule has 3 rings (SSSR count). The highest BCUT2D eigenvalue weighted by molar-refractivity contribution is 7.07. The molecule has 7 heteroatoms. The molecule has 0 atom stereocenters. The van der Waals surface area contributed by atoms with E-state index in [4.69, 9.17) is 23.2 Å². The number of halogens is 2. The fraction of sp³-hybridized carbons (Fsp3) is 0.167. The second-order valence-corrected chi connectivity index (χ2v) is 5.60. The fourth-order valence-corrected chi connectivity index (χ4v) is 2.93. The molecule has 0 unspecified atom stereocenters. The van der Waals surface area contributed by atoms with Crippen LogP contribution in [-0.4, -0.2) is 14.5 Å². The van der Waals surface area contributed by atoms with E-state index in [0.29, 0.717) is 17.4 Å². The molecule has 2 aromatic heterocycles. The molecule has 1 aromatic carbocycles. The van der Waals surface area contributed by atoms with E-state index in [0.717, 1.165) is 33.9 Å². The molecule has 0 amide bonds. The Balaban J connectivity index is 2.14. The number of nitrogens with zero attached hydrogens (tertiary/aromatic N) is 2. The Morgan fingerprint density at radius 3 is 2.95 bits per heavy atom. The van der Waals surface area contributed by atoms with Crippen LogP contribution in [-0.2, 0) is 12.4 Å².